The fourth-order valence-electron chi connectivity index (χ4n) is 1.73. The highest BCUT2D eigenvalue weighted by Gasteiger charge is 2.15. The van der Waals surface area contributed by atoms with Crippen LogP contribution in [0.15, 0.2) is 24.3 Å². The van der Waals surface area contributed by atoms with Crippen LogP contribution in [-0.2, 0) is 0 Å². The first kappa shape index (κ1) is 10.4. The van der Waals surface area contributed by atoms with E-state index in [0.29, 0.717) is 17.3 Å². The summed E-state index contributed by atoms with van der Waals surface area (Å²) in [5.74, 6) is 0.733. The minimum absolute atomic E-state index is 0.318. The molecule has 2 aliphatic rings. The number of hydrogen-bond acceptors (Lipinski definition) is 3. The Morgan fingerprint density at radius 3 is 2.75 bits per heavy atom. The van der Waals surface area contributed by atoms with Gasteiger partial charge in [-0.25, -0.2) is 4.98 Å². The predicted octanol–water partition coefficient (Wildman–Crippen LogP) is 2.76. The molecular formula is C13H13N3. The number of anilines is 1. The summed E-state index contributed by atoms with van der Waals surface area (Å²) in [7, 11) is 0. The van der Waals surface area contributed by atoms with Crippen LogP contribution in [0.3, 0.4) is 0 Å². The Balaban J connectivity index is 2.74. The highest BCUT2D eigenvalue weighted by Crippen LogP contribution is 2.30. The smallest absolute Gasteiger partial charge is 0.142 e. The van der Waals surface area contributed by atoms with E-state index in [4.69, 9.17) is 11.0 Å². The van der Waals surface area contributed by atoms with E-state index in [-0.39, 0.29) is 0 Å². The highest BCUT2D eigenvalue weighted by atomic mass is 14.9. The van der Waals surface area contributed by atoms with Crippen LogP contribution in [0.1, 0.15) is 30.9 Å². The molecule has 0 saturated heterocycles. The Kier molecular flexibility index (Phi) is 2.49. The van der Waals surface area contributed by atoms with Crippen molar-refractivity contribution >= 4 is 5.82 Å². The Bertz CT molecular complexity index is 538. The van der Waals surface area contributed by atoms with Crippen molar-refractivity contribution < 1.29 is 0 Å². The number of nitriles is 1. The summed E-state index contributed by atoms with van der Waals surface area (Å²) in [5.41, 5.74) is 8.98. The van der Waals surface area contributed by atoms with Crippen molar-refractivity contribution in [1.29, 1.82) is 5.26 Å². The Labute approximate surface area is 94.9 Å². The van der Waals surface area contributed by atoms with Crippen molar-refractivity contribution in [2.24, 2.45) is 0 Å². The van der Waals surface area contributed by atoms with Gasteiger partial charge >= 0.3 is 0 Å². The fourth-order valence-corrected chi connectivity index (χ4v) is 1.73. The number of aromatic nitrogens is 1. The lowest BCUT2D eigenvalue weighted by Gasteiger charge is -2.01. The molecule has 0 aromatic rings. The Hall–Kier alpha value is -2.08. The van der Waals surface area contributed by atoms with Gasteiger partial charge in [0.2, 0.25) is 0 Å². The molecule has 1 aliphatic heterocycles. The number of rotatable bonds is 1. The molecule has 80 valence electrons. The largest absolute Gasteiger partial charge is 0.383 e. The molecule has 16 heavy (non-hydrogen) atoms. The van der Waals surface area contributed by atoms with Crippen molar-refractivity contribution in [2.45, 2.75) is 19.8 Å². The maximum atomic E-state index is 9.05. The zero-order chi connectivity index (χ0) is 11.7. The van der Waals surface area contributed by atoms with E-state index in [2.05, 4.69) is 24.9 Å². The first-order valence-electron chi connectivity index (χ1n) is 5.22. The molecule has 1 aliphatic carbocycles. The van der Waals surface area contributed by atoms with Gasteiger partial charge in [-0.05, 0) is 23.6 Å². The molecule has 3 heteroatoms. The first-order valence-corrected chi connectivity index (χ1v) is 5.22. The van der Waals surface area contributed by atoms with Gasteiger partial charge in [-0.2, -0.15) is 5.26 Å². The van der Waals surface area contributed by atoms with Crippen molar-refractivity contribution in [3.05, 3.63) is 35.4 Å². The van der Waals surface area contributed by atoms with Crippen LogP contribution in [0.4, 0.5) is 5.82 Å². The summed E-state index contributed by atoms with van der Waals surface area (Å²) < 4.78 is 0. The van der Waals surface area contributed by atoms with Crippen LogP contribution < -0.4 is 5.73 Å². The summed E-state index contributed by atoms with van der Waals surface area (Å²) in [6.07, 6.45) is 0. The molecule has 0 radical (unpaired) electrons. The zero-order valence-corrected chi connectivity index (χ0v) is 9.36. The van der Waals surface area contributed by atoms with Crippen LogP contribution in [0.25, 0.3) is 11.3 Å². The molecular weight excluding hydrogens is 198 g/mol. The summed E-state index contributed by atoms with van der Waals surface area (Å²) in [6.45, 7) is 4.24. The number of nitrogens with zero attached hydrogens (tertiary/aromatic N) is 2. The zero-order valence-electron chi connectivity index (χ0n) is 9.36. The van der Waals surface area contributed by atoms with Crippen LogP contribution in [0.2, 0.25) is 0 Å². The lowest BCUT2D eigenvalue weighted by Crippen LogP contribution is -1.87. The minimum Gasteiger partial charge on any atom is -0.383 e. The molecule has 3 nitrogen and oxygen atoms in total. The van der Waals surface area contributed by atoms with Gasteiger partial charge in [0, 0.05) is 5.56 Å². The van der Waals surface area contributed by atoms with Crippen LogP contribution in [0.5, 0.6) is 0 Å². The predicted molar refractivity (Wildman–Crippen MR) is 64.1 cm³/mol. The van der Waals surface area contributed by atoms with Crippen molar-refractivity contribution in [3.63, 3.8) is 0 Å². The molecule has 0 aromatic heterocycles. The molecule has 0 bridgehead atoms. The molecule has 0 fully saturated rings. The fraction of sp³-hybridized carbons (Fsp3) is 0.231. The van der Waals surface area contributed by atoms with E-state index < -0.39 is 0 Å². The van der Waals surface area contributed by atoms with Gasteiger partial charge in [0.1, 0.15) is 17.5 Å². The molecule has 0 aromatic carbocycles. The van der Waals surface area contributed by atoms with Crippen molar-refractivity contribution in [3.8, 4) is 17.3 Å². The van der Waals surface area contributed by atoms with Gasteiger partial charge in [0.25, 0.3) is 0 Å². The minimum atomic E-state index is 0.318. The molecule has 0 spiro atoms. The van der Waals surface area contributed by atoms with E-state index >= 15 is 0 Å². The Morgan fingerprint density at radius 2 is 2.12 bits per heavy atom. The third-order valence-corrected chi connectivity index (χ3v) is 2.67. The van der Waals surface area contributed by atoms with E-state index in [1.54, 1.807) is 0 Å². The monoisotopic (exact) mass is 211 g/mol. The maximum Gasteiger partial charge on any atom is 0.142 e. The topological polar surface area (TPSA) is 62.7 Å². The van der Waals surface area contributed by atoms with Crippen molar-refractivity contribution in [2.75, 3.05) is 5.73 Å². The normalized spacial score (nSPS) is 10.6. The average Bonchev–Trinajstić information content (AvgIpc) is 2.42. The van der Waals surface area contributed by atoms with Gasteiger partial charge in [0.15, 0.2) is 0 Å². The number of nitrogens with two attached hydrogens (primary N) is 1. The average molecular weight is 211 g/mol. The number of hydrogen-bond donors (Lipinski definition) is 1. The first-order chi connectivity index (χ1) is 7.63. The van der Waals surface area contributed by atoms with Gasteiger partial charge in [-0.1, -0.05) is 26.0 Å². The summed E-state index contributed by atoms with van der Waals surface area (Å²) >= 11 is 0. The molecule has 2 rings (SSSR count). The van der Waals surface area contributed by atoms with E-state index in [1.807, 2.05) is 24.3 Å². The van der Waals surface area contributed by atoms with Crippen LogP contribution in [0, 0.1) is 11.3 Å². The van der Waals surface area contributed by atoms with Gasteiger partial charge in [-0.15, -0.1) is 0 Å². The third kappa shape index (κ3) is 1.59. The highest BCUT2D eigenvalue weighted by molar-refractivity contribution is 5.77. The lowest BCUT2D eigenvalue weighted by atomic mass is 10.0. The molecule has 0 atom stereocenters. The van der Waals surface area contributed by atoms with E-state index in [9.17, 15) is 0 Å². The van der Waals surface area contributed by atoms with Crippen LogP contribution in [-0.4, -0.2) is 4.98 Å². The second kappa shape index (κ2) is 3.82. The van der Waals surface area contributed by atoms with Gasteiger partial charge in [0.05, 0.1) is 5.69 Å². The van der Waals surface area contributed by atoms with Gasteiger partial charge < -0.3 is 5.73 Å². The number of nitrogen functional groups attached to an aromatic ring is 1. The second-order valence-electron chi connectivity index (χ2n) is 4.11. The SMILES string of the molecule is CC(C)c1cccc2nc(N)c(C#N)c-2c1. The second-order valence-corrected chi connectivity index (χ2v) is 4.11. The standard InChI is InChI=1S/C13H13N3/c1-8(2)9-4-3-5-12-10(6-9)11(7-14)13(15)16-12/h3-6,8H,1-2H3,(H2,15,16). The molecule has 0 saturated carbocycles. The van der Waals surface area contributed by atoms with Gasteiger partial charge in [-0.3, -0.25) is 0 Å². The Morgan fingerprint density at radius 1 is 1.38 bits per heavy atom. The molecule has 2 N–H and O–H groups in total. The summed E-state index contributed by atoms with van der Waals surface area (Å²) in [4.78, 5) is 4.18. The third-order valence-electron chi connectivity index (χ3n) is 2.67. The van der Waals surface area contributed by atoms with Crippen LogP contribution >= 0.6 is 0 Å². The van der Waals surface area contributed by atoms with E-state index in [1.165, 1.54) is 5.56 Å². The molecule has 0 unspecified atom stereocenters. The van der Waals surface area contributed by atoms with Crippen molar-refractivity contribution in [1.82, 2.24) is 4.98 Å². The maximum absolute atomic E-state index is 9.05. The lowest BCUT2D eigenvalue weighted by molar-refractivity contribution is 0.869. The number of fused-ring (bicyclic) bond motifs is 1. The molecule has 0 amide bonds. The quantitative estimate of drug-likeness (QED) is 0.788. The summed E-state index contributed by atoms with van der Waals surface area (Å²) in [5, 5.41) is 9.05. The van der Waals surface area contributed by atoms with E-state index in [0.717, 1.165) is 11.3 Å². The summed E-state index contributed by atoms with van der Waals surface area (Å²) in [6, 6.07) is 9.99. The molecule has 1 heterocycles.